The molecule has 0 N–H and O–H groups in total. The van der Waals surface area contributed by atoms with Crippen LogP contribution in [0, 0.1) is 13.8 Å². The first-order chi connectivity index (χ1) is 11.6. The molecule has 122 valence electrons. The van der Waals surface area contributed by atoms with E-state index in [0.717, 1.165) is 47.4 Å². The van der Waals surface area contributed by atoms with Crippen LogP contribution in [0.3, 0.4) is 0 Å². The van der Waals surface area contributed by atoms with Crippen molar-refractivity contribution < 1.29 is 4.79 Å². The third-order valence-electron chi connectivity index (χ3n) is 4.77. The maximum Gasteiger partial charge on any atom is 0.259 e. The van der Waals surface area contributed by atoms with Gasteiger partial charge in [0.25, 0.3) is 5.91 Å². The highest BCUT2D eigenvalue weighted by Crippen LogP contribution is 2.32. The van der Waals surface area contributed by atoms with E-state index in [2.05, 4.69) is 35.2 Å². The first-order valence-corrected chi connectivity index (χ1v) is 8.26. The van der Waals surface area contributed by atoms with Crippen LogP contribution >= 0.6 is 0 Å². The average Bonchev–Trinajstić information content (AvgIpc) is 2.88. The number of aromatic nitrogens is 3. The molecule has 0 spiro atoms. The number of nitrogens with zero attached hydrogens (tertiary/aromatic N) is 4. The van der Waals surface area contributed by atoms with Crippen LogP contribution in [0.2, 0.25) is 0 Å². The summed E-state index contributed by atoms with van der Waals surface area (Å²) < 4.78 is 1.75. The number of carbonyl (C=O) groups excluding carboxylic acids is 1. The third kappa shape index (κ3) is 2.19. The maximum absolute atomic E-state index is 13.1. The Morgan fingerprint density at radius 3 is 2.92 bits per heavy atom. The molecular weight excluding hydrogens is 300 g/mol. The van der Waals surface area contributed by atoms with Crippen LogP contribution in [0.5, 0.6) is 0 Å². The van der Waals surface area contributed by atoms with Gasteiger partial charge in [0.2, 0.25) is 0 Å². The predicted molar refractivity (Wildman–Crippen MR) is 94.4 cm³/mol. The molecule has 1 amide bonds. The second kappa shape index (κ2) is 5.44. The average molecular weight is 320 g/mol. The van der Waals surface area contributed by atoms with Crippen molar-refractivity contribution >= 4 is 22.6 Å². The first-order valence-electron chi connectivity index (χ1n) is 8.26. The number of fused-ring (bicyclic) bond motifs is 2. The van der Waals surface area contributed by atoms with Gasteiger partial charge in [-0.2, -0.15) is 5.10 Å². The number of amides is 1. The summed E-state index contributed by atoms with van der Waals surface area (Å²) in [4.78, 5) is 19.5. The number of anilines is 1. The number of aryl methyl sites for hydroxylation is 4. The summed E-state index contributed by atoms with van der Waals surface area (Å²) in [6.45, 7) is 4.76. The Morgan fingerprint density at radius 2 is 2.08 bits per heavy atom. The van der Waals surface area contributed by atoms with Crippen LogP contribution in [0.1, 0.15) is 33.6 Å². The fourth-order valence-electron chi connectivity index (χ4n) is 3.63. The Labute approximate surface area is 140 Å². The Bertz CT molecular complexity index is 957. The lowest BCUT2D eigenvalue weighted by Crippen LogP contribution is -2.36. The quantitative estimate of drug-likeness (QED) is 0.692. The van der Waals surface area contributed by atoms with Gasteiger partial charge in [0.15, 0.2) is 5.65 Å². The Hall–Kier alpha value is -2.69. The van der Waals surface area contributed by atoms with Gasteiger partial charge in [0.1, 0.15) is 0 Å². The summed E-state index contributed by atoms with van der Waals surface area (Å²) in [5.74, 6) is 0.0166. The predicted octanol–water partition coefficient (Wildman–Crippen LogP) is 3.18. The van der Waals surface area contributed by atoms with E-state index >= 15 is 0 Å². The maximum atomic E-state index is 13.1. The van der Waals surface area contributed by atoms with Crippen molar-refractivity contribution in [1.82, 2.24) is 14.8 Å². The fourth-order valence-corrected chi connectivity index (χ4v) is 3.63. The smallest absolute Gasteiger partial charge is 0.259 e. The summed E-state index contributed by atoms with van der Waals surface area (Å²) in [6, 6.07) is 8.17. The Balaban J connectivity index is 1.79. The van der Waals surface area contributed by atoms with E-state index < -0.39 is 0 Å². The second-order valence-electron chi connectivity index (χ2n) is 6.45. The molecule has 1 aliphatic heterocycles. The molecule has 5 nitrogen and oxygen atoms in total. The highest BCUT2D eigenvalue weighted by Gasteiger charge is 2.25. The molecule has 1 aromatic carbocycles. The van der Waals surface area contributed by atoms with E-state index in [9.17, 15) is 4.79 Å². The van der Waals surface area contributed by atoms with E-state index in [1.54, 1.807) is 10.9 Å². The summed E-state index contributed by atoms with van der Waals surface area (Å²) in [6.07, 6.45) is 3.68. The van der Waals surface area contributed by atoms with E-state index in [1.807, 2.05) is 24.9 Å². The zero-order chi connectivity index (χ0) is 16.8. The zero-order valence-corrected chi connectivity index (χ0v) is 14.2. The van der Waals surface area contributed by atoms with Gasteiger partial charge in [-0.05, 0) is 43.9 Å². The molecule has 3 heterocycles. The van der Waals surface area contributed by atoms with Crippen molar-refractivity contribution in [3.8, 4) is 0 Å². The fraction of sp³-hybridized carbons (Fsp3) is 0.316. The topological polar surface area (TPSA) is 51.0 Å². The molecule has 5 heteroatoms. The van der Waals surface area contributed by atoms with Gasteiger partial charge >= 0.3 is 0 Å². The molecule has 0 aliphatic carbocycles. The van der Waals surface area contributed by atoms with Gasteiger partial charge in [-0.3, -0.25) is 9.48 Å². The summed E-state index contributed by atoms with van der Waals surface area (Å²) in [5.41, 5.74) is 5.78. The highest BCUT2D eigenvalue weighted by atomic mass is 16.2. The van der Waals surface area contributed by atoms with Crippen molar-refractivity contribution in [2.45, 2.75) is 26.7 Å². The van der Waals surface area contributed by atoms with E-state index in [1.165, 1.54) is 5.56 Å². The SMILES string of the molecule is Cc1cccc2c1N(C(=O)c1cnc3c(c1)c(C)nn3C)CCC2. The summed E-state index contributed by atoms with van der Waals surface area (Å²) >= 11 is 0. The normalized spacial score (nSPS) is 14.0. The van der Waals surface area contributed by atoms with Crippen LogP contribution in [0.25, 0.3) is 11.0 Å². The van der Waals surface area contributed by atoms with Gasteiger partial charge in [0, 0.05) is 25.2 Å². The molecule has 0 bridgehead atoms. The monoisotopic (exact) mass is 320 g/mol. The highest BCUT2D eigenvalue weighted by molar-refractivity contribution is 6.08. The summed E-state index contributed by atoms with van der Waals surface area (Å²) in [7, 11) is 1.87. The van der Waals surface area contributed by atoms with Crippen LogP contribution in [-0.2, 0) is 13.5 Å². The second-order valence-corrected chi connectivity index (χ2v) is 6.45. The molecule has 3 aromatic rings. The van der Waals surface area contributed by atoms with Crippen LogP contribution in [-0.4, -0.2) is 27.2 Å². The van der Waals surface area contributed by atoms with Crippen LogP contribution in [0.4, 0.5) is 5.69 Å². The largest absolute Gasteiger partial charge is 0.308 e. The van der Waals surface area contributed by atoms with Gasteiger partial charge < -0.3 is 4.90 Å². The number of hydrogen-bond acceptors (Lipinski definition) is 3. The third-order valence-corrected chi connectivity index (χ3v) is 4.77. The first kappa shape index (κ1) is 14.9. The van der Waals surface area contributed by atoms with E-state index in [4.69, 9.17) is 0 Å². The van der Waals surface area contributed by atoms with Crippen molar-refractivity contribution in [3.63, 3.8) is 0 Å². The Morgan fingerprint density at radius 1 is 1.25 bits per heavy atom. The summed E-state index contributed by atoms with van der Waals surface area (Å²) in [5, 5.41) is 5.32. The number of carbonyl (C=O) groups is 1. The van der Waals surface area contributed by atoms with Crippen LogP contribution < -0.4 is 4.90 Å². The van der Waals surface area contributed by atoms with E-state index in [-0.39, 0.29) is 5.91 Å². The minimum absolute atomic E-state index is 0.0166. The van der Waals surface area contributed by atoms with Gasteiger partial charge in [-0.15, -0.1) is 0 Å². The molecular formula is C19H20N4O. The van der Waals surface area contributed by atoms with Crippen molar-refractivity contribution in [2.24, 2.45) is 7.05 Å². The number of pyridine rings is 1. The molecule has 0 unspecified atom stereocenters. The standard InChI is InChI=1S/C19H20N4O/c1-12-6-4-7-14-8-5-9-23(17(12)14)19(24)15-10-16-13(2)21-22(3)18(16)20-11-15/h4,6-7,10-11H,5,8-9H2,1-3H3. The van der Waals surface area contributed by atoms with E-state index in [0.29, 0.717) is 5.56 Å². The molecule has 4 rings (SSSR count). The molecule has 0 saturated heterocycles. The lowest BCUT2D eigenvalue weighted by atomic mass is 9.97. The van der Waals surface area contributed by atoms with Gasteiger partial charge in [-0.25, -0.2) is 4.98 Å². The lowest BCUT2D eigenvalue weighted by molar-refractivity contribution is 0.0984. The van der Waals surface area contributed by atoms with Crippen molar-refractivity contribution in [2.75, 3.05) is 11.4 Å². The number of hydrogen-bond donors (Lipinski definition) is 0. The molecule has 0 radical (unpaired) electrons. The number of benzene rings is 1. The minimum atomic E-state index is 0.0166. The zero-order valence-electron chi connectivity index (χ0n) is 14.2. The molecule has 0 fully saturated rings. The molecule has 1 aliphatic rings. The lowest BCUT2D eigenvalue weighted by Gasteiger charge is -2.31. The van der Waals surface area contributed by atoms with Crippen molar-refractivity contribution in [1.29, 1.82) is 0 Å². The van der Waals surface area contributed by atoms with Gasteiger partial charge in [0.05, 0.1) is 16.9 Å². The van der Waals surface area contributed by atoms with Crippen molar-refractivity contribution in [3.05, 3.63) is 52.8 Å². The number of para-hydroxylation sites is 1. The number of rotatable bonds is 1. The molecule has 2 aromatic heterocycles. The Kier molecular flexibility index (Phi) is 3.37. The molecule has 0 atom stereocenters. The van der Waals surface area contributed by atoms with Gasteiger partial charge in [-0.1, -0.05) is 18.2 Å². The van der Waals surface area contributed by atoms with Crippen LogP contribution in [0.15, 0.2) is 30.5 Å². The molecule has 0 saturated carbocycles. The minimum Gasteiger partial charge on any atom is -0.308 e. The molecule has 24 heavy (non-hydrogen) atoms.